The van der Waals surface area contributed by atoms with Gasteiger partial charge in [-0.05, 0) is 118 Å². The van der Waals surface area contributed by atoms with Gasteiger partial charge in [0.2, 0.25) is 11.8 Å². The Hall–Kier alpha value is -6.47. The normalized spacial score (nSPS) is 16.7. The summed E-state index contributed by atoms with van der Waals surface area (Å²) in [5, 5.41) is 12.1. The van der Waals surface area contributed by atoms with E-state index in [2.05, 4.69) is 5.32 Å². The number of carbonyl (C=O) groups is 5. The lowest BCUT2D eigenvalue weighted by atomic mass is 9.87. The number of Topliss-reactive ketones (excluding diaryl/α,β-unsaturated/α-hetero) is 3. The number of ether oxygens (including phenoxy) is 3. The van der Waals surface area contributed by atoms with E-state index in [9.17, 15) is 29.2 Å². The maximum atomic E-state index is 14.8. The molecule has 3 aromatic carbocycles. The Morgan fingerprint density at radius 2 is 1.55 bits per heavy atom. The number of ketones is 3. The summed E-state index contributed by atoms with van der Waals surface area (Å²) in [6.45, 7) is 9.96. The van der Waals surface area contributed by atoms with Crippen LogP contribution in [0.5, 0.6) is 17.2 Å². The van der Waals surface area contributed by atoms with E-state index in [0.29, 0.717) is 56.3 Å². The molecule has 1 aliphatic rings. The number of nitrogens with zero attached hydrogens (tertiary/aromatic N) is 3. The maximum Gasteiger partial charge on any atom is 0.226 e. The molecule has 0 fully saturated rings. The number of carbonyl (C=O) groups excluding carboxylic acids is 5. The minimum absolute atomic E-state index is 0.0280. The van der Waals surface area contributed by atoms with Gasteiger partial charge in [-0.1, -0.05) is 19.1 Å². The highest BCUT2D eigenvalue weighted by Crippen LogP contribution is 2.41. The molecule has 2 heterocycles. The van der Waals surface area contributed by atoms with Crippen LogP contribution >= 0.6 is 0 Å². The number of likely N-dealkylation sites (N-methyl/N-ethyl adjacent to an activating group) is 1. The van der Waals surface area contributed by atoms with Crippen LogP contribution in [-0.4, -0.2) is 91.1 Å². The number of aromatic nitrogens is 1. The summed E-state index contributed by atoms with van der Waals surface area (Å²) in [5.41, 5.74) is 23.1. The third-order valence-corrected chi connectivity index (χ3v) is 11.5. The van der Waals surface area contributed by atoms with Gasteiger partial charge in [-0.25, -0.2) is 0 Å². The molecule has 4 bridgehead atoms. The topological polar surface area (TPSA) is 243 Å². The highest BCUT2D eigenvalue weighted by Gasteiger charge is 2.36. The molecule has 1 aromatic heterocycles. The molecule has 5 rings (SSSR count). The number of nitriles is 1. The van der Waals surface area contributed by atoms with Crippen molar-refractivity contribution in [3.05, 3.63) is 94.7 Å². The van der Waals surface area contributed by atoms with Crippen LogP contribution in [0.3, 0.4) is 0 Å². The quantitative estimate of drug-likeness (QED) is 0.0822. The zero-order valence-corrected chi connectivity index (χ0v) is 38.9. The van der Waals surface area contributed by atoms with Gasteiger partial charge in [0, 0.05) is 85.6 Å². The third kappa shape index (κ3) is 12.7. The molecule has 0 saturated heterocycles. The molecular weight excluding hydrogens is 839 g/mol. The Kier molecular flexibility index (Phi) is 18.1. The number of nitrogens with two attached hydrogens (primary N) is 3. The Balaban J connectivity index is 1.56. The van der Waals surface area contributed by atoms with Gasteiger partial charge in [-0.3, -0.25) is 29.0 Å². The van der Waals surface area contributed by atoms with Gasteiger partial charge in [0.05, 0.1) is 23.9 Å². The number of fused-ring (bicyclic) bond motifs is 5. The maximum absolute atomic E-state index is 14.8. The summed E-state index contributed by atoms with van der Waals surface area (Å²) in [4.78, 5) is 77.3. The fraction of sp³-hybridized carbons (Fsp3) is 0.431. The first-order valence-corrected chi connectivity index (χ1v) is 22.5. The van der Waals surface area contributed by atoms with Gasteiger partial charge in [-0.2, -0.15) is 5.26 Å². The SMILES string of the molecule is Cc1cc(-c2ccc(OC(C)C)cc2)nc(C)c1C(=O)C[C@@H](CCN)C(=O)N(C)[C@@H]1C(=O)C[C@@H](C)C(=O)N[C@H](C(=O)CCC#N)Cc2ccc(OCCN)c(c2)-c2cc1ccc2OCCN. The van der Waals surface area contributed by atoms with Crippen LogP contribution in [0, 0.1) is 37.0 Å². The Labute approximate surface area is 387 Å². The van der Waals surface area contributed by atoms with Gasteiger partial charge in [-0.15, -0.1) is 0 Å². The first kappa shape index (κ1) is 50.5. The monoisotopic (exact) mass is 901 g/mol. The molecule has 0 aliphatic carbocycles. The molecule has 350 valence electrons. The zero-order valence-electron chi connectivity index (χ0n) is 38.9. The molecule has 15 heteroatoms. The van der Waals surface area contributed by atoms with Crippen LogP contribution in [0.2, 0.25) is 0 Å². The largest absolute Gasteiger partial charge is 0.492 e. The molecular formula is C51H63N7O8. The number of rotatable bonds is 19. The van der Waals surface area contributed by atoms with E-state index in [0.717, 1.165) is 11.3 Å². The minimum Gasteiger partial charge on any atom is -0.492 e. The van der Waals surface area contributed by atoms with Crippen LogP contribution < -0.4 is 36.7 Å². The van der Waals surface area contributed by atoms with E-state index in [4.69, 9.17) is 36.4 Å². The van der Waals surface area contributed by atoms with Crippen molar-refractivity contribution in [3.63, 3.8) is 0 Å². The highest BCUT2D eigenvalue weighted by molar-refractivity contribution is 6.02. The second-order valence-corrected chi connectivity index (χ2v) is 17.1. The van der Waals surface area contributed by atoms with Gasteiger partial charge in [0.1, 0.15) is 36.5 Å². The zero-order chi connectivity index (χ0) is 48.1. The average molecular weight is 902 g/mol. The predicted molar refractivity (Wildman–Crippen MR) is 252 cm³/mol. The molecule has 2 amide bonds. The van der Waals surface area contributed by atoms with Crippen molar-refractivity contribution in [3.8, 4) is 45.7 Å². The lowest BCUT2D eigenvalue weighted by Gasteiger charge is -2.32. The van der Waals surface area contributed by atoms with E-state index in [-0.39, 0.29) is 89.0 Å². The molecule has 0 spiro atoms. The Morgan fingerprint density at radius 3 is 2.15 bits per heavy atom. The van der Waals surface area contributed by atoms with Crippen LogP contribution in [0.25, 0.3) is 22.4 Å². The van der Waals surface area contributed by atoms with Crippen LogP contribution in [0.15, 0.2) is 66.7 Å². The second kappa shape index (κ2) is 23.6. The molecule has 4 aromatic rings. The number of hydrogen-bond donors (Lipinski definition) is 4. The van der Waals surface area contributed by atoms with Crippen molar-refractivity contribution in [2.24, 2.45) is 29.0 Å². The smallest absolute Gasteiger partial charge is 0.226 e. The van der Waals surface area contributed by atoms with Crippen molar-refractivity contribution in [1.82, 2.24) is 15.2 Å². The summed E-state index contributed by atoms with van der Waals surface area (Å²) >= 11 is 0. The lowest BCUT2D eigenvalue weighted by Crippen LogP contribution is -2.46. The van der Waals surface area contributed by atoms with Crippen molar-refractivity contribution in [1.29, 1.82) is 5.26 Å². The third-order valence-electron chi connectivity index (χ3n) is 11.5. The number of aryl methyl sites for hydroxylation is 2. The van der Waals surface area contributed by atoms with E-state index in [1.54, 1.807) is 44.2 Å². The second-order valence-electron chi connectivity index (χ2n) is 17.1. The Morgan fingerprint density at radius 1 is 0.894 bits per heavy atom. The number of hydrogen-bond acceptors (Lipinski definition) is 13. The van der Waals surface area contributed by atoms with Crippen molar-refractivity contribution in [2.75, 3.05) is 39.9 Å². The molecule has 1 aliphatic heterocycles. The molecule has 4 atom stereocenters. The average Bonchev–Trinajstić information content (AvgIpc) is 3.28. The summed E-state index contributed by atoms with van der Waals surface area (Å²) in [7, 11) is 1.51. The summed E-state index contributed by atoms with van der Waals surface area (Å²) in [6.07, 6.45) is -0.329. The van der Waals surface area contributed by atoms with Gasteiger partial charge >= 0.3 is 0 Å². The molecule has 0 saturated carbocycles. The first-order valence-electron chi connectivity index (χ1n) is 22.5. The molecule has 7 N–H and O–H groups in total. The van der Waals surface area contributed by atoms with Gasteiger partial charge < -0.3 is 41.6 Å². The van der Waals surface area contributed by atoms with E-state index in [1.165, 1.54) is 11.9 Å². The molecule has 0 unspecified atom stereocenters. The summed E-state index contributed by atoms with van der Waals surface area (Å²) in [5.74, 6) is -2.35. The number of benzene rings is 3. The number of nitrogens with one attached hydrogen (secondary N) is 1. The number of amides is 2. The first-order chi connectivity index (χ1) is 31.6. The standard InChI is InChI=1S/C51H63N7O8/c1-30(2)66-38-13-10-35(11-14-38)41-24-31(3)48(33(5)56-41)44(60)29-37(17-19-53)51(63)58(6)49-36-12-16-47(65-23-21-55)40(28-36)39-26-34(9-15-46(39)64-22-20-54)27-42(43(59)8-7-18-52)57-50(62)32(4)25-45(49)61/h9-16,24,26,28,30,32,37,42,49H,7-8,17,19-23,25,27,29,53-55H2,1-6H3,(H,57,62)/t32-,37-,42+,49+/m1/s1. The highest BCUT2D eigenvalue weighted by atomic mass is 16.5. The van der Waals surface area contributed by atoms with Crippen molar-refractivity contribution < 1.29 is 38.2 Å². The lowest BCUT2D eigenvalue weighted by molar-refractivity contribution is -0.142. The van der Waals surface area contributed by atoms with Gasteiger partial charge in [0.25, 0.3) is 0 Å². The summed E-state index contributed by atoms with van der Waals surface area (Å²) < 4.78 is 18.1. The fourth-order valence-electron chi connectivity index (χ4n) is 8.34. The van der Waals surface area contributed by atoms with E-state index >= 15 is 0 Å². The van der Waals surface area contributed by atoms with Crippen LogP contribution in [-0.2, 0) is 25.6 Å². The van der Waals surface area contributed by atoms with Crippen molar-refractivity contribution in [2.45, 2.75) is 91.3 Å². The molecule has 0 radical (unpaired) electrons. The minimum atomic E-state index is -1.24. The van der Waals surface area contributed by atoms with Crippen LogP contribution in [0.1, 0.15) is 91.7 Å². The Bertz CT molecular complexity index is 2410. The van der Waals surface area contributed by atoms with Crippen molar-refractivity contribution >= 4 is 29.2 Å². The van der Waals surface area contributed by atoms with Crippen LogP contribution in [0.4, 0.5) is 0 Å². The number of pyridine rings is 1. The molecule has 66 heavy (non-hydrogen) atoms. The van der Waals surface area contributed by atoms with Gasteiger partial charge in [0.15, 0.2) is 17.3 Å². The van der Waals surface area contributed by atoms with E-state index in [1.807, 2.05) is 63.2 Å². The fourth-order valence-corrected chi connectivity index (χ4v) is 8.34. The molecule has 15 nitrogen and oxygen atoms in total. The summed E-state index contributed by atoms with van der Waals surface area (Å²) in [6, 6.07) is 19.7. The predicted octanol–water partition coefficient (Wildman–Crippen LogP) is 5.74. The van der Waals surface area contributed by atoms with E-state index < -0.39 is 41.5 Å².